The highest BCUT2D eigenvalue weighted by Gasteiger charge is 2.45. The number of hydrogen-bond donors (Lipinski definition) is 0. The van der Waals surface area contributed by atoms with Crippen molar-refractivity contribution in [1.82, 2.24) is 0 Å². The second-order valence-corrected chi connectivity index (χ2v) is 6.87. The molecule has 0 fully saturated rings. The Labute approximate surface area is 311 Å². The zero-order valence-electron chi connectivity index (χ0n) is 29.1. The van der Waals surface area contributed by atoms with Gasteiger partial charge in [0.15, 0.2) is 39.8 Å². The van der Waals surface area contributed by atoms with Crippen LogP contribution in [-0.4, -0.2) is 124 Å². The van der Waals surface area contributed by atoms with Crippen molar-refractivity contribution >= 4 is 0 Å². The summed E-state index contributed by atoms with van der Waals surface area (Å²) in [6, 6.07) is 0. The molecule has 0 aromatic heterocycles. The van der Waals surface area contributed by atoms with Crippen LogP contribution in [0.4, 0.5) is 154 Å². The van der Waals surface area contributed by atoms with E-state index in [1.54, 1.807) is 0 Å². The molecular formula is C21H27F35O4. The van der Waals surface area contributed by atoms with Crippen LogP contribution in [0.25, 0.3) is 0 Å². The molecule has 0 aliphatic rings. The predicted molar refractivity (Wildman–Crippen MR) is 129 cm³/mol. The first-order valence-electron chi connectivity index (χ1n) is 12.4. The Morgan fingerprint density at radius 1 is 0.267 bits per heavy atom. The third-order valence-corrected chi connectivity index (χ3v) is 1.92. The maximum atomic E-state index is 11.3. The molecule has 39 heteroatoms. The molecular weight excluding hydrogens is 981 g/mol. The van der Waals surface area contributed by atoms with Gasteiger partial charge in [0.1, 0.15) is 0 Å². The fraction of sp³-hybridized carbons (Fsp3) is 1.00. The van der Waals surface area contributed by atoms with Crippen LogP contribution in [0.5, 0.6) is 0 Å². The summed E-state index contributed by atoms with van der Waals surface area (Å²) in [6.07, 6.45) is -50.0. The predicted octanol–water partition coefficient (Wildman–Crippen LogP) is 14.2. The zero-order chi connectivity index (χ0) is 52.1. The first kappa shape index (κ1) is 81.3. The van der Waals surface area contributed by atoms with Gasteiger partial charge in [-0.15, -0.1) is 52.7 Å². The number of halogens is 35. The van der Waals surface area contributed by atoms with Crippen molar-refractivity contribution < 1.29 is 173 Å². The zero-order valence-corrected chi connectivity index (χ0v) is 29.1. The van der Waals surface area contributed by atoms with Gasteiger partial charge in [0.25, 0.3) is 0 Å². The summed E-state index contributed by atoms with van der Waals surface area (Å²) in [5, 5.41) is 0. The Bertz CT molecular complexity index is 721. The minimum Gasteiger partial charge on any atom is -0.282 e. The van der Waals surface area contributed by atoms with Crippen LogP contribution in [0.3, 0.4) is 0 Å². The lowest BCUT2D eigenvalue weighted by Crippen LogP contribution is -2.31. The molecule has 0 aliphatic carbocycles. The topological polar surface area (TPSA) is 36.9 Å². The lowest BCUT2D eigenvalue weighted by Gasteiger charge is -2.14. The maximum absolute atomic E-state index is 11.3. The van der Waals surface area contributed by atoms with Gasteiger partial charge >= 0.3 is 62.4 Å². The molecule has 0 unspecified atom stereocenters. The summed E-state index contributed by atoms with van der Waals surface area (Å²) in [6.45, 7) is -9.84. The van der Waals surface area contributed by atoms with E-state index in [0.29, 0.717) is 21.5 Å². The summed E-state index contributed by atoms with van der Waals surface area (Å²) in [4.78, 5) is 0. The van der Waals surface area contributed by atoms with Crippen molar-refractivity contribution in [3.05, 3.63) is 0 Å². The highest BCUT2D eigenvalue weighted by Crippen LogP contribution is 2.28. The molecule has 0 saturated heterocycles. The van der Waals surface area contributed by atoms with E-state index < -0.39 is 102 Å². The van der Waals surface area contributed by atoms with Gasteiger partial charge in [-0.05, 0) is 0 Å². The van der Waals surface area contributed by atoms with Crippen LogP contribution in [0.1, 0.15) is 13.8 Å². The van der Waals surface area contributed by atoms with Gasteiger partial charge in [0.05, 0.1) is 21.5 Å². The molecule has 0 spiro atoms. The molecule has 0 saturated carbocycles. The van der Waals surface area contributed by atoms with Gasteiger partial charge in [-0.2, -0.15) is 74.6 Å². The van der Waals surface area contributed by atoms with Gasteiger partial charge < -0.3 is 0 Å². The van der Waals surface area contributed by atoms with Gasteiger partial charge in [0, 0.05) is 0 Å². The van der Waals surface area contributed by atoms with E-state index >= 15 is 0 Å². The highest BCUT2D eigenvalue weighted by atomic mass is 19.5. The van der Waals surface area contributed by atoms with Gasteiger partial charge in [-0.1, -0.05) is 13.8 Å². The summed E-state index contributed by atoms with van der Waals surface area (Å²) in [5.74, 6) is 0. The lowest BCUT2D eigenvalue weighted by molar-refractivity contribution is -0.426. The van der Waals surface area contributed by atoms with Crippen molar-refractivity contribution in [2.75, 3.05) is 61.4 Å². The summed E-state index contributed by atoms with van der Waals surface area (Å²) < 4.78 is 384. The van der Waals surface area contributed by atoms with Crippen molar-refractivity contribution in [1.29, 1.82) is 0 Å². The second-order valence-electron chi connectivity index (χ2n) is 6.87. The van der Waals surface area contributed by atoms with E-state index in [1.165, 1.54) is 0 Å². The monoisotopic (exact) mass is 1010 g/mol. The lowest BCUT2D eigenvalue weighted by atomic mass is 10.7. The van der Waals surface area contributed by atoms with E-state index in [4.69, 9.17) is 0 Å². The number of hydrogen-bond acceptors (Lipinski definition) is 4. The molecule has 0 aromatic carbocycles. The first-order valence-corrected chi connectivity index (χ1v) is 12.4. The quantitative estimate of drug-likeness (QED) is 0.257. The Morgan fingerprint density at radius 3 is 0.450 bits per heavy atom. The molecule has 0 aliphatic heterocycles. The molecule has 4 nitrogen and oxygen atoms in total. The average molecular weight is 1010 g/mol. The molecule has 0 N–H and O–H groups in total. The Morgan fingerprint density at radius 2 is 0.417 bits per heavy atom. The smallest absolute Gasteiger partial charge is 0.282 e. The van der Waals surface area contributed by atoms with Crippen LogP contribution < -0.4 is 0 Å². The van der Waals surface area contributed by atoms with E-state index in [-0.39, 0.29) is 0 Å². The van der Waals surface area contributed by atoms with Crippen LogP contribution in [0.2, 0.25) is 0 Å². The van der Waals surface area contributed by atoms with Crippen molar-refractivity contribution in [2.24, 2.45) is 0 Å². The number of ether oxygens (including phenoxy) is 4. The molecule has 0 atom stereocenters. The molecule has 0 radical (unpaired) electrons. The molecule has 0 amide bonds. The SMILES string of the molecule is CC.CF.CF.CF.FC(F)(F)COC(F)(F)F.FC(F)(F)COC(F)(F)F.FC(F)(F)COC(F)(F)F.FCC(F)(F)F.FCC(F)(F)F.FCC(F)(F)OC(F)(F)F. The molecule has 0 heterocycles. The minimum atomic E-state index is -5.50. The van der Waals surface area contributed by atoms with Crippen molar-refractivity contribution in [3.8, 4) is 0 Å². The van der Waals surface area contributed by atoms with E-state index in [0.717, 1.165) is 0 Å². The normalized spacial score (nSPS) is 12.0. The standard InChI is InChI=1S/4C3H2F6O.2C2H2F4.C2H6.3CH3F/c3*4-2(5,6)1-10-3(7,8)9;4-1-2(5,6)10-3(7,8)9;2*3-1-2(4,5)6;4*1-2/h4*1H2;2*1H2;1-2H3;3*1H3. The van der Waals surface area contributed by atoms with Gasteiger partial charge in [0.2, 0.25) is 0 Å². The van der Waals surface area contributed by atoms with Crippen LogP contribution >= 0.6 is 0 Å². The van der Waals surface area contributed by atoms with E-state index in [1.807, 2.05) is 13.8 Å². The van der Waals surface area contributed by atoms with Crippen LogP contribution in [0.15, 0.2) is 0 Å². The Hall–Kier alpha value is -2.61. The third-order valence-electron chi connectivity index (χ3n) is 1.92. The van der Waals surface area contributed by atoms with Crippen molar-refractivity contribution in [2.45, 2.75) is 76.3 Å². The fourth-order valence-corrected chi connectivity index (χ4v) is 0.688. The minimum absolute atomic E-state index is 0.500. The fourth-order valence-electron chi connectivity index (χ4n) is 0.688. The van der Waals surface area contributed by atoms with E-state index in [9.17, 15) is 154 Å². The molecule has 0 bridgehead atoms. The maximum Gasteiger partial charge on any atom is 0.527 e. The number of alkyl halides is 35. The summed E-state index contributed by atoms with van der Waals surface area (Å²) in [7, 11) is 1.50. The van der Waals surface area contributed by atoms with Gasteiger partial charge in [-0.3, -0.25) is 27.4 Å². The molecule has 0 rings (SSSR count). The number of rotatable bonds is 5. The van der Waals surface area contributed by atoms with Crippen LogP contribution in [-0.2, 0) is 18.9 Å². The Balaban J connectivity index is -0.0000000609. The first-order chi connectivity index (χ1) is 26.0. The third kappa shape index (κ3) is 147. The average Bonchev–Trinajstić information content (AvgIpc) is 3.04. The van der Waals surface area contributed by atoms with E-state index in [2.05, 4.69) is 18.9 Å². The van der Waals surface area contributed by atoms with Crippen molar-refractivity contribution in [3.63, 3.8) is 0 Å². The molecule has 60 heavy (non-hydrogen) atoms. The second kappa shape index (κ2) is 38.1. The summed E-state index contributed by atoms with van der Waals surface area (Å²) >= 11 is 0. The molecule has 0 aromatic rings. The molecule has 380 valence electrons. The largest absolute Gasteiger partial charge is 0.527 e. The summed E-state index contributed by atoms with van der Waals surface area (Å²) in [5.41, 5.74) is 0. The Kier molecular flexibility index (Phi) is 51.6. The van der Waals surface area contributed by atoms with Gasteiger partial charge in [-0.25, -0.2) is 17.9 Å². The van der Waals surface area contributed by atoms with Crippen LogP contribution in [0, 0.1) is 0 Å². The highest BCUT2D eigenvalue weighted by molar-refractivity contribution is 4.49.